The van der Waals surface area contributed by atoms with E-state index in [1.165, 1.54) is 18.3 Å². The summed E-state index contributed by atoms with van der Waals surface area (Å²) in [5.74, 6) is 0.733. The van der Waals surface area contributed by atoms with Crippen molar-refractivity contribution in [1.82, 2.24) is 10.2 Å². The zero-order valence-electron chi connectivity index (χ0n) is 15.8. The van der Waals surface area contributed by atoms with Gasteiger partial charge in [0.2, 0.25) is 0 Å². The fourth-order valence-electron chi connectivity index (χ4n) is 2.92. The van der Waals surface area contributed by atoms with Crippen LogP contribution in [0.1, 0.15) is 24.8 Å². The normalized spacial score (nSPS) is 17.0. The molecule has 152 valence electrons. The summed E-state index contributed by atoms with van der Waals surface area (Å²) in [7, 11) is 1.77. The van der Waals surface area contributed by atoms with Crippen molar-refractivity contribution in [1.29, 1.82) is 0 Å². The van der Waals surface area contributed by atoms with Crippen molar-refractivity contribution >= 4 is 24.1 Å². The average molecular weight is 394 g/mol. The number of likely N-dealkylation sites (tertiary alicyclic amines) is 1. The summed E-state index contributed by atoms with van der Waals surface area (Å²) < 4.78 is 38.9. The summed E-state index contributed by atoms with van der Waals surface area (Å²) in [6.45, 7) is 5.50. The van der Waals surface area contributed by atoms with E-state index in [-0.39, 0.29) is 11.5 Å². The van der Waals surface area contributed by atoms with E-state index in [1.807, 2.05) is 0 Å². The number of aliphatic imine (C=N–C) groups is 3. The number of benzene rings is 1. The molecule has 1 aromatic carbocycles. The molecule has 6 nitrogen and oxygen atoms in total. The van der Waals surface area contributed by atoms with Gasteiger partial charge in [-0.25, -0.2) is 9.98 Å². The minimum atomic E-state index is -4.45. The minimum Gasteiger partial charge on any atom is -0.404 e. The van der Waals surface area contributed by atoms with E-state index in [4.69, 9.17) is 5.73 Å². The number of piperidine rings is 1. The highest BCUT2D eigenvalue weighted by molar-refractivity contribution is 6.24. The summed E-state index contributed by atoms with van der Waals surface area (Å²) in [4.78, 5) is 14.8. The van der Waals surface area contributed by atoms with Crippen LogP contribution in [0.4, 0.5) is 18.9 Å². The van der Waals surface area contributed by atoms with Crippen molar-refractivity contribution < 1.29 is 13.2 Å². The van der Waals surface area contributed by atoms with Gasteiger partial charge in [0.25, 0.3) is 0 Å². The lowest BCUT2D eigenvalue weighted by atomic mass is 10.1. The second-order valence-corrected chi connectivity index (χ2v) is 6.26. The van der Waals surface area contributed by atoms with Gasteiger partial charge in [-0.3, -0.25) is 4.99 Å². The van der Waals surface area contributed by atoms with Gasteiger partial charge in [-0.05, 0) is 51.2 Å². The second-order valence-electron chi connectivity index (χ2n) is 6.26. The number of nitrogens with one attached hydrogen (secondary N) is 1. The van der Waals surface area contributed by atoms with Gasteiger partial charge in [-0.1, -0.05) is 6.07 Å². The van der Waals surface area contributed by atoms with Gasteiger partial charge in [0.15, 0.2) is 5.84 Å². The molecule has 28 heavy (non-hydrogen) atoms. The molecule has 0 spiro atoms. The van der Waals surface area contributed by atoms with Gasteiger partial charge >= 0.3 is 6.18 Å². The van der Waals surface area contributed by atoms with Crippen LogP contribution in [0.5, 0.6) is 0 Å². The van der Waals surface area contributed by atoms with E-state index in [0.717, 1.165) is 44.5 Å². The molecule has 0 bridgehead atoms. The molecule has 0 radical (unpaired) electrons. The third-order valence-electron chi connectivity index (χ3n) is 4.25. The number of hydrogen-bond acceptors (Lipinski definition) is 4. The molecular weight excluding hydrogens is 369 g/mol. The zero-order valence-corrected chi connectivity index (χ0v) is 15.8. The number of amidine groups is 2. The van der Waals surface area contributed by atoms with Gasteiger partial charge < -0.3 is 16.0 Å². The molecule has 2 rings (SSSR count). The third-order valence-corrected chi connectivity index (χ3v) is 4.25. The van der Waals surface area contributed by atoms with Crippen LogP contribution in [0.3, 0.4) is 0 Å². The summed E-state index contributed by atoms with van der Waals surface area (Å²) in [6, 6.07) is 4.73. The van der Waals surface area contributed by atoms with Gasteiger partial charge in [0.05, 0.1) is 23.5 Å². The largest absolute Gasteiger partial charge is 0.416 e. The molecule has 9 heteroatoms. The van der Waals surface area contributed by atoms with Crippen molar-refractivity contribution in [3.8, 4) is 0 Å². The number of rotatable bonds is 5. The Labute approximate surface area is 162 Å². The Hall–Kier alpha value is -2.68. The first-order chi connectivity index (χ1) is 13.4. The number of nitrogens with zero attached hydrogens (tertiary/aromatic N) is 4. The van der Waals surface area contributed by atoms with Crippen LogP contribution >= 0.6 is 0 Å². The predicted molar refractivity (Wildman–Crippen MR) is 107 cm³/mol. The molecule has 1 aromatic rings. The van der Waals surface area contributed by atoms with E-state index >= 15 is 0 Å². The Kier molecular flexibility index (Phi) is 7.74. The van der Waals surface area contributed by atoms with Crippen LogP contribution in [-0.4, -0.2) is 50.1 Å². The van der Waals surface area contributed by atoms with E-state index in [2.05, 4.69) is 31.9 Å². The van der Waals surface area contributed by atoms with E-state index in [0.29, 0.717) is 18.1 Å². The molecule has 0 aromatic heterocycles. The first-order valence-electron chi connectivity index (χ1n) is 9.00. The molecule has 1 fully saturated rings. The van der Waals surface area contributed by atoms with Crippen molar-refractivity contribution in [2.75, 3.05) is 26.8 Å². The molecule has 0 atom stereocenters. The van der Waals surface area contributed by atoms with Crippen molar-refractivity contribution in [3.63, 3.8) is 0 Å². The van der Waals surface area contributed by atoms with E-state index in [1.54, 1.807) is 7.05 Å². The van der Waals surface area contributed by atoms with Crippen LogP contribution in [0.15, 0.2) is 51.0 Å². The van der Waals surface area contributed by atoms with E-state index < -0.39 is 11.7 Å². The van der Waals surface area contributed by atoms with Crippen LogP contribution in [-0.2, 0) is 6.18 Å². The number of halogens is 3. The highest BCUT2D eigenvalue weighted by Crippen LogP contribution is 2.31. The summed E-state index contributed by atoms with van der Waals surface area (Å²) >= 11 is 0. The minimum absolute atomic E-state index is 0.114. The van der Waals surface area contributed by atoms with E-state index in [9.17, 15) is 13.2 Å². The molecule has 1 saturated heterocycles. The topological polar surface area (TPSA) is 78.4 Å². The third kappa shape index (κ3) is 5.66. The number of hydrogen-bond donors (Lipinski definition) is 2. The maximum Gasteiger partial charge on any atom is 0.416 e. The standard InChI is InChI=1S/C19H25F3N6/c1-24-13-26-18(28-9-4-3-5-10-28)16(12-23)17(25-2)27-15-8-6-7-14(11-15)19(20,21)22/h6-8,11-12,24H,2-5,9-10,13,23H2,1H3. The average Bonchev–Trinajstić information content (AvgIpc) is 2.70. The van der Waals surface area contributed by atoms with Gasteiger partial charge in [-0.2, -0.15) is 13.2 Å². The SMILES string of the molecule is C=NC(=Nc1cccc(C(F)(F)F)c1)C(=CN)C(=NCNC)N1CCCCC1. The van der Waals surface area contributed by atoms with Crippen molar-refractivity contribution in [2.24, 2.45) is 20.7 Å². The first kappa shape index (κ1) is 21.6. The molecule has 1 aliphatic rings. The molecule has 0 aliphatic carbocycles. The number of alkyl halides is 3. The fourth-order valence-corrected chi connectivity index (χ4v) is 2.92. The Morgan fingerprint density at radius 3 is 2.57 bits per heavy atom. The summed E-state index contributed by atoms with van der Waals surface area (Å²) in [6.07, 6.45) is 0.0652. The van der Waals surface area contributed by atoms with Crippen LogP contribution in [0, 0.1) is 0 Å². The maximum atomic E-state index is 13.0. The second kappa shape index (κ2) is 10.0. The summed E-state index contributed by atoms with van der Waals surface area (Å²) in [5.41, 5.74) is 5.61. The Bertz CT molecular complexity index is 761. The molecule has 1 heterocycles. The highest BCUT2D eigenvalue weighted by Gasteiger charge is 2.30. The molecule has 0 amide bonds. The zero-order chi connectivity index (χ0) is 20.6. The Balaban J connectivity index is 2.42. The molecule has 1 aliphatic heterocycles. The fraction of sp³-hybridized carbons (Fsp3) is 0.421. The molecule has 3 N–H and O–H groups in total. The van der Waals surface area contributed by atoms with Gasteiger partial charge in [0, 0.05) is 19.3 Å². The first-order valence-corrected chi connectivity index (χ1v) is 9.00. The molecule has 0 saturated carbocycles. The predicted octanol–water partition coefficient (Wildman–Crippen LogP) is 3.34. The summed E-state index contributed by atoms with van der Waals surface area (Å²) in [5, 5.41) is 2.95. The van der Waals surface area contributed by atoms with Crippen molar-refractivity contribution in [3.05, 3.63) is 41.6 Å². The van der Waals surface area contributed by atoms with Crippen LogP contribution < -0.4 is 11.1 Å². The lowest BCUT2D eigenvalue weighted by molar-refractivity contribution is -0.137. The van der Waals surface area contributed by atoms with Gasteiger partial charge in [0.1, 0.15) is 5.84 Å². The lowest BCUT2D eigenvalue weighted by Gasteiger charge is -2.30. The Morgan fingerprint density at radius 2 is 2.00 bits per heavy atom. The van der Waals surface area contributed by atoms with Crippen molar-refractivity contribution in [2.45, 2.75) is 25.4 Å². The smallest absolute Gasteiger partial charge is 0.404 e. The van der Waals surface area contributed by atoms with Gasteiger partial charge in [-0.15, -0.1) is 0 Å². The quantitative estimate of drug-likeness (QED) is 0.594. The number of nitrogens with two attached hydrogens (primary N) is 1. The maximum absolute atomic E-state index is 13.0. The molecular formula is C19H25F3N6. The Morgan fingerprint density at radius 1 is 1.29 bits per heavy atom. The lowest BCUT2D eigenvalue weighted by Crippen LogP contribution is -2.39. The van der Waals surface area contributed by atoms with Crippen LogP contribution in [0.2, 0.25) is 0 Å². The highest BCUT2D eigenvalue weighted by atomic mass is 19.4. The van der Waals surface area contributed by atoms with Crippen LogP contribution in [0.25, 0.3) is 0 Å². The monoisotopic (exact) mass is 394 g/mol. The molecule has 0 unspecified atom stereocenters.